The average molecular weight is 394 g/mol. The van der Waals surface area contributed by atoms with E-state index in [2.05, 4.69) is 21.9 Å². The van der Waals surface area contributed by atoms with E-state index in [-0.39, 0.29) is 5.91 Å². The smallest absolute Gasteiger partial charge is 0.258 e. The monoisotopic (exact) mass is 393 g/mol. The molecule has 2 heterocycles. The minimum absolute atomic E-state index is 0.281. The summed E-state index contributed by atoms with van der Waals surface area (Å²) in [6, 6.07) is 14.8. The largest absolute Gasteiger partial charge is 0.492 e. The Morgan fingerprint density at radius 3 is 2.61 bits per heavy atom. The first-order valence-corrected chi connectivity index (χ1v) is 9.22. The van der Waals surface area contributed by atoms with Crippen LogP contribution in [0.15, 0.2) is 67.5 Å². The predicted octanol–water partition coefficient (Wildman–Crippen LogP) is 4.98. The summed E-state index contributed by atoms with van der Waals surface area (Å²) in [5.74, 6) is 0.672. The number of anilines is 1. The molecule has 3 rings (SSSR count). The molecule has 142 valence electrons. The highest BCUT2D eigenvalue weighted by Gasteiger charge is 2.09. The van der Waals surface area contributed by atoms with Crippen LogP contribution in [0, 0.1) is 0 Å². The Hall–Kier alpha value is -3.18. The summed E-state index contributed by atoms with van der Waals surface area (Å²) in [6.07, 6.45) is 3.95. The number of benzene rings is 1. The zero-order chi connectivity index (χ0) is 19.9. The average Bonchev–Trinajstić information content (AvgIpc) is 2.70. The lowest BCUT2D eigenvalue weighted by atomic mass is 10.1. The van der Waals surface area contributed by atoms with Gasteiger partial charge >= 0.3 is 0 Å². The molecule has 0 bridgehead atoms. The Morgan fingerprint density at radius 1 is 1.11 bits per heavy atom. The highest BCUT2D eigenvalue weighted by atomic mass is 35.5. The Morgan fingerprint density at radius 2 is 1.96 bits per heavy atom. The maximum atomic E-state index is 12.4. The van der Waals surface area contributed by atoms with Crippen LogP contribution in [-0.4, -0.2) is 22.5 Å². The van der Waals surface area contributed by atoms with Crippen molar-refractivity contribution in [2.24, 2.45) is 0 Å². The number of amides is 1. The van der Waals surface area contributed by atoms with E-state index in [9.17, 15) is 4.79 Å². The minimum atomic E-state index is -0.281. The molecule has 28 heavy (non-hydrogen) atoms. The lowest BCUT2D eigenvalue weighted by molar-refractivity contribution is 0.102. The third-order valence-corrected chi connectivity index (χ3v) is 4.23. The van der Waals surface area contributed by atoms with Gasteiger partial charge in [-0.1, -0.05) is 36.4 Å². The number of nitrogens with one attached hydrogen (secondary N) is 1. The SMILES string of the molecule is C=C(OCC)c1ccc(C(=O)Nc2ccc(Cc3cccc(Cl)c3)cn2)cn1. The molecule has 0 unspecified atom stereocenters. The summed E-state index contributed by atoms with van der Waals surface area (Å²) in [4.78, 5) is 20.9. The number of carbonyl (C=O) groups is 1. The van der Waals surface area contributed by atoms with Gasteiger partial charge in [-0.3, -0.25) is 9.78 Å². The number of halogens is 1. The number of ether oxygens (including phenoxy) is 1. The quantitative estimate of drug-likeness (QED) is 0.575. The standard InChI is InChI=1S/C22H20ClN3O2/c1-3-28-15(2)20-9-8-18(14-24-20)22(27)26-21-10-7-17(13-25-21)11-16-5-4-6-19(23)12-16/h4-10,12-14H,2-3,11H2,1H3,(H,25,26,27). The van der Waals surface area contributed by atoms with E-state index < -0.39 is 0 Å². The number of rotatable bonds is 7. The molecule has 3 aromatic rings. The first-order valence-electron chi connectivity index (χ1n) is 8.84. The van der Waals surface area contributed by atoms with E-state index >= 15 is 0 Å². The van der Waals surface area contributed by atoms with Crippen molar-refractivity contribution in [3.8, 4) is 0 Å². The zero-order valence-corrected chi connectivity index (χ0v) is 16.2. The maximum absolute atomic E-state index is 12.4. The molecule has 0 aliphatic carbocycles. The number of aromatic nitrogens is 2. The molecule has 5 nitrogen and oxygen atoms in total. The van der Waals surface area contributed by atoms with Gasteiger partial charge in [0.25, 0.3) is 5.91 Å². The van der Waals surface area contributed by atoms with E-state index in [1.807, 2.05) is 37.3 Å². The van der Waals surface area contributed by atoms with Crippen LogP contribution >= 0.6 is 11.6 Å². The van der Waals surface area contributed by atoms with Crippen molar-refractivity contribution in [2.75, 3.05) is 11.9 Å². The van der Waals surface area contributed by atoms with Crippen molar-refractivity contribution >= 4 is 29.1 Å². The lowest BCUT2D eigenvalue weighted by Crippen LogP contribution is -2.13. The summed E-state index contributed by atoms with van der Waals surface area (Å²) >= 11 is 6.01. The van der Waals surface area contributed by atoms with Crippen molar-refractivity contribution in [1.29, 1.82) is 0 Å². The molecule has 0 atom stereocenters. The summed E-state index contributed by atoms with van der Waals surface area (Å²) in [5, 5.41) is 3.47. The number of hydrogen-bond acceptors (Lipinski definition) is 4. The highest BCUT2D eigenvalue weighted by Crippen LogP contribution is 2.16. The fraction of sp³-hybridized carbons (Fsp3) is 0.136. The number of pyridine rings is 2. The Balaban J connectivity index is 1.62. The first kappa shape index (κ1) is 19.6. The molecule has 0 saturated heterocycles. The summed E-state index contributed by atoms with van der Waals surface area (Å²) in [7, 11) is 0. The van der Waals surface area contributed by atoms with Crippen LogP contribution in [0.25, 0.3) is 5.76 Å². The summed E-state index contributed by atoms with van der Waals surface area (Å²) in [5.41, 5.74) is 3.16. The molecule has 2 aromatic heterocycles. The van der Waals surface area contributed by atoms with Gasteiger partial charge in [-0.25, -0.2) is 4.98 Å². The van der Waals surface area contributed by atoms with E-state index in [4.69, 9.17) is 16.3 Å². The van der Waals surface area contributed by atoms with Crippen LogP contribution in [0.4, 0.5) is 5.82 Å². The van der Waals surface area contributed by atoms with Crippen LogP contribution in [0.5, 0.6) is 0 Å². The molecule has 0 aliphatic heterocycles. The molecule has 1 aromatic carbocycles. The van der Waals surface area contributed by atoms with Gasteiger partial charge in [0.1, 0.15) is 17.3 Å². The van der Waals surface area contributed by atoms with Crippen molar-refractivity contribution in [2.45, 2.75) is 13.3 Å². The topological polar surface area (TPSA) is 64.1 Å². The molecule has 6 heteroatoms. The molecule has 0 saturated carbocycles. The van der Waals surface area contributed by atoms with Gasteiger partial charge < -0.3 is 10.1 Å². The minimum Gasteiger partial charge on any atom is -0.492 e. The van der Waals surface area contributed by atoms with Crippen molar-refractivity contribution in [1.82, 2.24) is 9.97 Å². The summed E-state index contributed by atoms with van der Waals surface area (Å²) in [6.45, 7) is 6.19. The van der Waals surface area contributed by atoms with Gasteiger partial charge in [-0.15, -0.1) is 0 Å². The lowest BCUT2D eigenvalue weighted by Gasteiger charge is -2.08. The third kappa shape index (κ3) is 5.18. The molecule has 0 aliphatic rings. The summed E-state index contributed by atoms with van der Waals surface area (Å²) < 4.78 is 5.31. The van der Waals surface area contributed by atoms with Crippen LogP contribution < -0.4 is 5.32 Å². The van der Waals surface area contributed by atoms with E-state index in [1.165, 1.54) is 6.20 Å². The fourth-order valence-corrected chi connectivity index (χ4v) is 2.83. The molecule has 1 N–H and O–H groups in total. The second-order valence-electron chi connectivity index (χ2n) is 6.10. The molecular formula is C22H20ClN3O2. The molecule has 1 amide bonds. The third-order valence-electron chi connectivity index (χ3n) is 3.99. The van der Waals surface area contributed by atoms with Crippen molar-refractivity contribution < 1.29 is 9.53 Å². The molecule has 0 spiro atoms. The van der Waals surface area contributed by atoms with Crippen molar-refractivity contribution in [3.63, 3.8) is 0 Å². The van der Waals surface area contributed by atoms with Crippen LogP contribution in [0.1, 0.15) is 34.1 Å². The fourth-order valence-electron chi connectivity index (χ4n) is 2.62. The Kier molecular flexibility index (Phi) is 6.40. The van der Waals surface area contributed by atoms with E-state index in [1.54, 1.807) is 24.4 Å². The van der Waals surface area contributed by atoms with Crippen LogP contribution in [0.3, 0.4) is 0 Å². The van der Waals surface area contributed by atoms with Crippen molar-refractivity contribution in [3.05, 3.63) is 94.9 Å². The second-order valence-corrected chi connectivity index (χ2v) is 6.54. The van der Waals surface area contributed by atoms with Crippen LogP contribution in [0.2, 0.25) is 5.02 Å². The van der Waals surface area contributed by atoms with Gasteiger partial charge in [0.15, 0.2) is 0 Å². The normalized spacial score (nSPS) is 10.4. The van der Waals surface area contributed by atoms with Gasteiger partial charge in [-0.05, 0) is 54.8 Å². The Bertz CT molecular complexity index is 970. The molecular weight excluding hydrogens is 374 g/mol. The number of hydrogen-bond donors (Lipinski definition) is 1. The van der Waals surface area contributed by atoms with Gasteiger partial charge in [-0.2, -0.15) is 0 Å². The zero-order valence-electron chi connectivity index (χ0n) is 15.5. The first-order chi connectivity index (χ1) is 13.5. The Labute approximate surface area is 169 Å². The predicted molar refractivity (Wildman–Crippen MR) is 111 cm³/mol. The maximum Gasteiger partial charge on any atom is 0.258 e. The van der Waals surface area contributed by atoms with Gasteiger partial charge in [0.2, 0.25) is 0 Å². The molecule has 0 fully saturated rings. The highest BCUT2D eigenvalue weighted by molar-refractivity contribution is 6.30. The number of nitrogens with zero attached hydrogens (tertiary/aromatic N) is 2. The van der Waals surface area contributed by atoms with Gasteiger partial charge in [0.05, 0.1) is 12.2 Å². The second kappa shape index (κ2) is 9.15. The van der Waals surface area contributed by atoms with E-state index in [0.717, 1.165) is 17.5 Å². The van der Waals surface area contributed by atoms with Gasteiger partial charge in [0, 0.05) is 17.4 Å². The van der Waals surface area contributed by atoms with E-state index in [0.29, 0.717) is 34.5 Å². The molecule has 0 radical (unpaired) electrons. The van der Waals surface area contributed by atoms with Crippen LogP contribution in [-0.2, 0) is 11.2 Å². The number of carbonyl (C=O) groups excluding carboxylic acids is 1.